The Kier molecular flexibility index (Phi) is 6.90. The average molecular weight is 621 g/mol. The molecule has 0 aliphatic heterocycles. The van der Waals surface area contributed by atoms with Gasteiger partial charge < -0.3 is 24.0 Å². The van der Waals surface area contributed by atoms with Crippen molar-refractivity contribution in [2.24, 2.45) is 0 Å². The van der Waals surface area contributed by atoms with E-state index in [2.05, 4.69) is 26.2 Å². The summed E-state index contributed by atoms with van der Waals surface area (Å²) in [4.78, 5) is 25.1. The molecule has 0 saturated heterocycles. The van der Waals surface area contributed by atoms with E-state index in [4.69, 9.17) is 0 Å². The van der Waals surface area contributed by atoms with Gasteiger partial charge in [0.15, 0.2) is 0 Å². The Balaban J connectivity index is 0.00000225. The van der Waals surface area contributed by atoms with E-state index in [0.717, 1.165) is 41.4 Å². The molecule has 0 radical (unpaired) electrons. The third-order valence-electron chi connectivity index (χ3n) is 4.92. The predicted octanol–water partition coefficient (Wildman–Crippen LogP) is -1.79. The van der Waals surface area contributed by atoms with Crippen molar-refractivity contribution in [3.8, 4) is 0 Å². The van der Waals surface area contributed by atoms with Crippen LogP contribution in [0.2, 0.25) is 0 Å². The summed E-state index contributed by atoms with van der Waals surface area (Å²) in [5.41, 5.74) is 0.332. The Hall–Kier alpha value is -0.891. The van der Waals surface area contributed by atoms with Crippen LogP contribution in [0.5, 0.6) is 0 Å². The zero-order chi connectivity index (χ0) is 19.0. The quantitative estimate of drug-likeness (QED) is 0.145. The Morgan fingerprint density at radius 2 is 1.14 bits per heavy atom. The maximum atomic E-state index is 12.5. The maximum absolute atomic E-state index is 12.5. The standard InChI is InChI=1S/C20H22N3O2Se2.HI/c1-23(2,13-11-21-19(24)15-7-3-5-9-17(15)26-21)14-12-22-20(25)16-8-4-6-10-18(16)27-22;/h3-10H,11-14H2,1-2H3;1H/q+1;/p-1. The summed E-state index contributed by atoms with van der Waals surface area (Å²) in [5.74, 6) is 0. The Morgan fingerprint density at radius 3 is 1.54 bits per heavy atom. The topological polar surface area (TPSA) is 44.0 Å². The van der Waals surface area contributed by atoms with Crippen LogP contribution in [0.3, 0.4) is 0 Å². The molecule has 28 heavy (non-hydrogen) atoms. The van der Waals surface area contributed by atoms with E-state index in [9.17, 15) is 9.59 Å². The number of hydrogen-bond donors (Lipinski definition) is 0. The molecule has 0 saturated carbocycles. The van der Waals surface area contributed by atoms with Gasteiger partial charge in [-0.1, -0.05) is 0 Å². The molecule has 0 aliphatic rings. The molecule has 0 bridgehead atoms. The summed E-state index contributed by atoms with van der Waals surface area (Å²) in [6.07, 6.45) is 0. The first-order valence-electron chi connectivity index (χ1n) is 8.94. The Labute approximate surface area is 192 Å². The molecule has 0 atom stereocenters. The third-order valence-corrected chi connectivity index (χ3v) is 9.63. The van der Waals surface area contributed by atoms with Gasteiger partial charge in [0.1, 0.15) is 0 Å². The van der Waals surface area contributed by atoms with E-state index in [-0.39, 0.29) is 64.6 Å². The first-order chi connectivity index (χ1) is 12.9. The largest absolute Gasteiger partial charge is 1.00 e. The zero-order valence-corrected chi connectivity index (χ0v) is 21.4. The molecule has 0 spiro atoms. The number of likely N-dealkylation sites (N-methyl/N-ethyl adjacent to an activating group) is 1. The van der Waals surface area contributed by atoms with Gasteiger partial charge in [-0.25, -0.2) is 0 Å². The van der Waals surface area contributed by atoms with Crippen molar-refractivity contribution >= 4 is 48.8 Å². The van der Waals surface area contributed by atoms with E-state index in [1.807, 2.05) is 43.5 Å². The number of quaternary nitrogens is 1. The number of halogens is 1. The zero-order valence-electron chi connectivity index (χ0n) is 15.8. The van der Waals surface area contributed by atoms with Crippen LogP contribution in [0, 0.1) is 0 Å². The fraction of sp³-hybridized carbons (Fsp3) is 0.300. The summed E-state index contributed by atoms with van der Waals surface area (Å²) in [6, 6.07) is 15.9. The molecule has 0 aliphatic carbocycles. The number of benzene rings is 2. The summed E-state index contributed by atoms with van der Waals surface area (Å²) in [5, 5.41) is 1.73. The normalized spacial score (nSPS) is 11.8. The van der Waals surface area contributed by atoms with Crippen molar-refractivity contribution in [3.05, 3.63) is 69.2 Å². The van der Waals surface area contributed by atoms with Crippen LogP contribution in [0.25, 0.3) is 19.3 Å². The minimum Gasteiger partial charge on any atom is -1.00 e. The first kappa shape index (κ1) is 21.8. The number of nitrogens with zero attached hydrogens (tertiary/aromatic N) is 3. The van der Waals surface area contributed by atoms with Crippen LogP contribution in [-0.4, -0.2) is 68.3 Å². The fourth-order valence-corrected chi connectivity index (χ4v) is 7.30. The van der Waals surface area contributed by atoms with E-state index in [0.29, 0.717) is 0 Å². The molecule has 4 rings (SSSR count). The van der Waals surface area contributed by atoms with Crippen molar-refractivity contribution in [2.45, 2.75) is 13.1 Å². The van der Waals surface area contributed by atoms with E-state index in [1.54, 1.807) is 0 Å². The second-order valence-electron chi connectivity index (χ2n) is 7.37. The van der Waals surface area contributed by atoms with Crippen molar-refractivity contribution in [2.75, 3.05) is 27.2 Å². The molecule has 5 nitrogen and oxygen atoms in total. The summed E-state index contributed by atoms with van der Waals surface area (Å²) in [6.45, 7) is 3.31. The van der Waals surface area contributed by atoms with Crippen LogP contribution < -0.4 is 35.1 Å². The van der Waals surface area contributed by atoms with E-state index >= 15 is 0 Å². The van der Waals surface area contributed by atoms with Gasteiger partial charge in [-0.15, -0.1) is 0 Å². The predicted molar refractivity (Wildman–Crippen MR) is 112 cm³/mol. The maximum Gasteiger partial charge on any atom is -1.00 e. The van der Waals surface area contributed by atoms with Crippen molar-refractivity contribution < 1.29 is 28.5 Å². The average Bonchev–Trinajstić information content (AvgIpc) is 3.16. The second-order valence-corrected chi connectivity index (χ2v) is 11.8. The van der Waals surface area contributed by atoms with Gasteiger partial charge in [-0.2, -0.15) is 0 Å². The van der Waals surface area contributed by atoms with Crippen LogP contribution >= 0.6 is 0 Å². The van der Waals surface area contributed by atoms with E-state index < -0.39 is 0 Å². The van der Waals surface area contributed by atoms with Gasteiger partial charge in [-0.3, -0.25) is 0 Å². The van der Waals surface area contributed by atoms with Crippen LogP contribution in [-0.2, 0) is 13.1 Å². The minimum atomic E-state index is 0. The Morgan fingerprint density at radius 1 is 0.750 bits per heavy atom. The number of rotatable bonds is 6. The van der Waals surface area contributed by atoms with Gasteiger partial charge in [0.2, 0.25) is 0 Å². The molecule has 0 unspecified atom stereocenters. The number of hydrogen-bond acceptors (Lipinski definition) is 2. The molecule has 0 amide bonds. The summed E-state index contributed by atoms with van der Waals surface area (Å²) in [7, 11) is 4.36. The Bertz CT molecular complexity index is 1130. The van der Waals surface area contributed by atoms with Crippen molar-refractivity contribution in [1.82, 2.24) is 7.12 Å². The van der Waals surface area contributed by atoms with Gasteiger partial charge >= 0.3 is 170 Å². The van der Waals surface area contributed by atoms with Gasteiger partial charge in [0.25, 0.3) is 0 Å². The number of fused-ring (bicyclic) bond motifs is 2. The molecular formula is C20H22IN3O2Se2. The molecule has 8 heteroatoms. The molecule has 2 aromatic heterocycles. The summed E-state index contributed by atoms with van der Waals surface area (Å²) >= 11 is 0.173. The fourth-order valence-electron chi connectivity index (χ4n) is 3.16. The van der Waals surface area contributed by atoms with Crippen molar-refractivity contribution in [1.29, 1.82) is 0 Å². The SMILES string of the molecule is C[N+](C)(CCn1[se]c2ccccc2c1=O)CCn1[se]c2ccccc2c1=O.[I-]. The molecular weight excluding hydrogens is 599 g/mol. The molecule has 2 heterocycles. The smallest absolute Gasteiger partial charge is 1.00 e. The van der Waals surface area contributed by atoms with Gasteiger partial charge in [0, 0.05) is 0 Å². The molecule has 0 N–H and O–H groups in total. The van der Waals surface area contributed by atoms with Crippen LogP contribution in [0.1, 0.15) is 0 Å². The third kappa shape index (κ3) is 4.47. The van der Waals surface area contributed by atoms with Gasteiger partial charge in [-0.05, 0) is 0 Å². The molecule has 0 fully saturated rings. The minimum absolute atomic E-state index is 0. The van der Waals surface area contributed by atoms with Crippen LogP contribution in [0.4, 0.5) is 0 Å². The first-order valence-corrected chi connectivity index (χ1v) is 12.2. The number of aromatic nitrogens is 2. The molecule has 4 aromatic rings. The monoisotopic (exact) mass is 623 g/mol. The molecule has 148 valence electrons. The van der Waals surface area contributed by atoms with Crippen molar-refractivity contribution in [3.63, 3.8) is 0 Å². The van der Waals surface area contributed by atoms with Crippen LogP contribution in [0.15, 0.2) is 58.1 Å². The van der Waals surface area contributed by atoms with E-state index in [1.165, 1.54) is 8.52 Å². The molecule has 2 aromatic carbocycles. The summed E-state index contributed by atoms with van der Waals surface area (Å²) < 4.78 is 7.16. The second kappa shape index (κ2) is 8.86. The van der Waals surface area contributed by atoms with Gasteiger partial charge in [0.05, 0.1) is 0 Å².